The highest BCUT2D eigenvalue weighted by Crippen LogP contribution is 2.28. The molecule has 6 heteroatoms. The molecule has 17 heavy (non-hydrogen) atoms. The molecule has 0 aliphatic heterocycles. The molecule has 0 N–H and O–H groups in total. The molecule has 0 saturated heterocycles. The number of ether oxygens (including phenoxy) is 2. The summed E-state index contributed by atoms with van der Waals surface area (Å²) in [5, 5.41) is 15.9. The van der Waals surface area contributed by atoms with Crippen molar-refractivity contribution in [2.75, 3.05) is 14.2 Å². The van der Waals surface area contributed by atoms with E-state index in [0.29, 0.717) is 17.1 Å². The first kappa shape index (κ1) is 11.0. The smallest absolute Gasteiger partial charge is 0.321 e. The third-order valence-electron chi connectivity index (χ3n) is 2.12. The Bertz CT molecular complexity index is 549. The molecule has 1 aromatic heterocycles. The average Bonchev–Trinajstić information content (AvgIpc) is 2.86. The van der Waals surface area contributed by atoms with E-state index in [2.05, 4.69) is 10.2 Å². The molecule has 86 valence electrons. The molecule has 0 saturated carbocycles. The highest BCUT2D eigenvalue weighted by molar-refractivity contribution is 5.59. The molecule has 0 unspecified atom stereocenters. The second-order valence-corrected chi connectivity index (χ2v) is 3.13. The highest BCUT2D eigenvalue weighted by Gasteiger charge is 2.11. The van der Waals surface area contributed by atoms with Gasteiger partial charge < -0.3 is 13.9 Å². The lowest BCUT2D eigenvalue weighted by Crippen LogP contribution is -1.88. The Balaban J connectivity index is 2.47. The molecule has 0 bridgehead atoms. The van der Waals surface area contributed by atoms with Crippen LogP contribution in [0.3, 0.4) is 0 Å². The third-order valence-corrected chi connectivity index (χ3v) is 2.12. The van der Waals surface area contributed by atoms with Gasteiger partial charge in [0.15, 0.2) is 6.07 Å². The van der Waals surface area contributed by atoms with Crippen molar-refractivity contribution in [2.45, 2.75) is 0 Å². The number of benzene rings is 1. The van der Waals surface area contributed by atoms with Crippen LogP contribution in [0.15, 0.2) is 22.6 Å². The Labute approximate surface area is 97.4 Å². The van der Waals surface area contributed by atoms with Gasteiger partial charge in [-0.1, -0.05) is 5.10 Å². The number of hydrogen-bond donors (Lipinski definition) is 0. The van der Waals surface area contributed by atoms with Crippen molar-refractivity contribution in [2.24, 2.45) is 0 Å². The van der Waals surface area contributed by atoms with E-state index < -0.39 is 0 Å². The van der Waals surface area contributed by atoms with Gasteiger partial charge in [-0.25, -0.2) is 0 Å². The van der Waals surface area contributed by atoms with Crippen LogP contribution in [0, 0.1) is 11.3 Å². The molecular formula is C11H9N3O3. The van der Waals surface area contributed by atoms with E-state index in [0.717, 1.165) is 0 Å². The van der Waals surface area contributed by atoms with Crippen molar-refractivity contribution < 1.29 is 13.9 Å². The number of methoxy groups -OCH3 is 2. The summed E-state index contributed by atoms with van der Waals surface area (Å²) in [6.07, 6.45) is 0. The molecule has 2 aromatic rings. The summed E-state index contributed by atoms with van der Waals surface area (Å²) in [5.41, 5.74) is 0.634. The number of rotatable bonds is 3. The predicted molar refractivity (Wildman–Crippen MR) is 57.6 cm³/mol. The van der Waals surface area contributed by atoms with Crippen molar-refractivity contribution >= 4 is 0 Å². The summed E-state index contributed by atoms with van der Waals surface area (Å²) in [4.78, 5) is 0. The van der Waals surface area contributed by atoms with Gasteiger partial charge in [-0.2, -0.15) is 5.26 Å². The van der Waals surface area contributed by atoms with Crippen molar-refractivity contribution in [3.8, 4) is 29.0 Å². The Kier molecular flexibility index (Phi) is 2.92. The summed E-state index contributed by atoms with van der Waals surface area (Å²) >= 11 is 0. The first-order valence-electron chi connectivity index (χ1n) is 4.74. The number of aromatic nitrogens is 2. The quantitative estimate of drug-likeness (QED) is 0.798. The standard InChI is InChI=1S/C11H9N3O3/c1-15-8-3-7(4-9(5-8)16-2)11-14-13-10(6-12)17-11/h3-5H,1-2H3. The molecule has 1 heterocycles. The van der Waals surface area contributed by atoms with Crippen LogP contribution >= 0.6 is 0 Å². The minimum absolute atomic E-state index is 0.0817. The van der Waals surface area contributed by atoms with Gasteiger partial charge >= 0.3 is 5.89 Å². The number of nitrogens with zero attached hydrogens (tertiary/aromatic N) is 3. The van der Waals surface area contributed by atoms with Crippen molar-refractivity contribution in [3.63, 3.8) is 0 Å². The zero-order chi connectivity index (χ0) is 12.3. The summed E-state index contributed by atoms with van der Waals surface area (Å²) in [6, 6.07) is 6.94. The van der Waals surface area contributed by atoms with Crippen LogP contribution in [0.2, 0.25) is 0 Å². The SMILES string of the molecule is COc1cc(OC)cc(-c2nnc(C#N)o2)c1. The first-order valence-corrected chi connectivity index (χ1v) is 4.74. The molecule has 0 aliphatic carbocycles. The van der Waals surface area contributed by atoms with Crippen molar-refractivity contribution in [1.29, 1.82) is 5.26 Å². The fraction of sp³-hybridized carbons (Fsp3) is 0.182. The highest BCUT2D eigenvalue weighted by atomic mass is 16.5. The lowest BCUT2D eigenvalue weighted by Gasteiger charge is -2.05. The summed E-state index contributed by atoms with van der Waals surface area (Å²) in [7, 11) is 3.10. The first-order chi connectivity index (χ1) is 8.26. The molecule has 0 spiro atoms. The van der Waals surface area contributed by atoms with Crippen LogP contribution < -0.4 is 9.47 Å². The van der Waals surface area contributed by atoms with Crippen molar-refractivity contribution in [3.05, 3.63) is 24.1 Å². The van der Waals surface area contributed by atoms with E-state index in [1.807, 2.05) is 0 Å². The maximum atomic E-state index is 8.60. The van der Waals surface area contributed by atoms with Gasteiger partial charge in [-0.05, 0) is 12.1 Å². The molecule has 0 radical (unpaired) electrons. The van der Waals surface area contributed by atoms with Crippen molar-refractivity contribution in [1.82, 2.24) is 10.2 Å². The largest absolute Gasteiger partial charge is 0.497 e. The molecule has 0 atom stereocenters. The molecule has 0 aliphatic rings. The monoisotopic (exact) mass is 231 g/mol. The Hall–Kier alpha value is -2.55. The van der Waals surface area contributed by atoms with Gasteiger partial charge in [0.05, 0.1) is 14.2 Å². The van der Waals surface area contributed by atoms with Gasteiger partial charge in [0.1, 0.15) is 11.5 Å². The molecule has 6 nitrogen and oxygen atoms in total. The number of hydrogen-bond acceptors (Lipinski definition) is 6. The zero-order valence-corrected chi connectivity index (χ0v) is 9.30. The summed E-state index contributed by atoms with van der Waals surface area (Å²) in [6.45, 7) is 0. The third kappa shape index (κ3) is 2.18. The lowest BCUT2D eigenvalue weighted by atomic mass is 10.2. The maximum Gasteiger partial charge on any atom is 0.321 e. The molecule has 0 amide bonds. The minimum Gasteiger partial charge on any atom is -0.497 e. The van der Waals surface area contributed by atoms with Gasteiger partial charge in [-0.3, -0.25) is 0 Å². The fourth-order valence-electron chi connectivity index (χ4n) is 1.32. The predicted octanol–water partition coefficient (Wildman–Crippen LogP) is 1.63. The van der Waals surface area contributed by atoms with E-state index >= 15 is 0 Å². The van der Waals surface area contributed by atoms with Gasteiger partial charge in [0.25, 0.3) is 0 Å². The van der Waals surface area contributed by atoms with Gasteiger partial charge in [-0.15, -0.1) is 5.10 Å². The molecule has 2 rings (SSSR count). The molecule has 0 fully saturated rings. The van der Waals surface area contributed by atoms with Crippen LogP contribution in [-0.2, 0) is 0 Å². The van der Waals surface area contributed by atoms with Crippen LogP contribution in [0.1, 0.15) is 5.89 Å². The van der Waals surface area contributed by atoms with E-state index in [-0.39, 0.29) is 11.8 Å². The van der Waals surface area contributed by atoms with Crippen LogP contribution in [0.25, 0.3) is 11.5 Å². The fourth-order valence-corrected chi connectivity index (χ4v) is 1.32. The normalized spacial score (nSPS) is 9.71. The summed E-state index contributed by atoms with van der Waals surface area (Å²) in [5.74, 6) is 1.38. The average molecular weight is 231 g/mol. The summed E-state index contributed by atoms with van der Waals surface area (Å²) < 4.78 is 15.4. The number of nitriles is 1. The molecule has 1 aromatic carbocycles. The second kappa shape index (κ2) is 4.53. The Morgan fingerprint density at radius 2 is 1.76 bits per heavy atom. The van der Waals surface area contributed by atoms with Crippen LogP contribution in [0.4, 0.5) is 0 Å². The van der Waals surface area contributed by atoms with E-state index in [4.69, 9.17) is 19.2 Å². The lowest BCUT2D eigenvalue weighted by molar-refractivity contribution is 0.394. The van der Waals surface area contributed by atoms with Gasteiger partial charge in [0, 0.05) is 11.6 Å². The van der Waals surface area contributed by atoms with Crippen LogP contribution in [-0.4, -0.2) is 24.4 Å². The zero-order valence-electron chi connectivity index (χ0n) is 9.30. The van der Waals surface area contributed by atoms with Crippen LogP contribution in [0.5, 0.6) is 11.5 Å². The Morgan fingerprint density at radius 1 is 1.12 bits per heavy atom. The van der Waals surface area contributed by atoms with E-state index in [1.165, 1.54) is 0 Å². The van der Waals surface area contributed by atoms with E-state index in [1.54, 1.807) is 38.5 Å². The minimum atomic E-state index is -0.0817. The topological polar surface area (TPSA) is 81.2 Å². The van der Waals surface area contributed by atoms with E-state index in [9.17, 15) is 0 Å². The Morgan fingerprint density at radius 3 is 2.24 bits per heavy atom. The molecular weight excluding hydrogens is 222 g/mol. The second-order valence-electron chi connectivity index (χ2n) is 3.13. The van der Waals surface area contributed by atoms with Gasteiger partial charge in [0.2, 0.25) is 5.89 Å². The maximum absolute atomic E-state index is 8.60.